The number of carbonyl (C=O) groups is 1. The maximum absolute atomic E-state index is 12.9. The van der Waals surface area contributed by atoms with Crippen LogP contribution in [0.25, 0.3) is 0 Å². The molecule has 1 amide bonds. The number of carbonyl (C=O) groups excluding carboxylic acids is 1. The SMILES string of the molecule is COc1nc(C)c(Nc2nc(Cl)c([C@@H](COC(=O)Nc3ccccc3Cl)C3CC3)[nH]c2=O)cc1C. The molecular formula is C24H25Cl2N5O4. The summed E-state index contributed by atoms with van der Waals surface area (Å²) in [5.74, 6) is 0.488. The van der Waals surface area contributed by atoms with E-state index < -0.39 is 11.7 Å². The number of para-hydroxylation sites is 1. The van der Waals surface area contributed by atoms with Gasteiger partial charge in [-0.3, -0.25) is 10.1 Å². The van der Waals surface area contributed by atoms with Crippen molar-refractivity contribution in [3.63, 3.8) is 0 Å². The van der Waals surface area contributed by atoms with E-state index in [0.29, 0.717) is 33.7 Å². The van der Waals surface area contributed by atoms with Crippen LogP contribution in [0.1, 0.15) is 35.7 Å². The molecule has 0 aliphatic heterocycles. The van der Waals surface area contributed by atoms with E-state index in [1.54, 1.807) is 38.3 Å². The van der Waals surface area contributed by atoms with E-state index in [1.165, 1.54) is 0 Å². The van der Waals surface area contributed by atoms with Gasteiger partial charge in [0.2, 0.25) is 5.88 Å². The number of hydrogen-bond acceptors (Lipinski definition) is 7. The van der Waals surface area contributed by atoms with Crippen LogP contribution in [0.15, 0.2) is 35.1 Å². The van der Waals surface area contributed by atoms with Crippen molar-refractivity contribution in [3.8, 4) is 5.88 Å². The van der Waals surface area contributed by atoms with Gasteiger partial charge in [0.15, 0.2) is 11.0 Å². The highest BCUT2D eigenvalue weighted by Crippen LogP contribution is 2.43. The summed E-state index contributed by atoms with van der Waals surface area (Å²) in [5, 5.41) is 6.16. The zero-order chi connectivity index (χ0) is 25.1. The number of aryl methyl sites for hydroxylation is 2. The first-order valence-electron chi connectivity index (χ1n) is 11.0. The van der Waals surface area contributed by atoms with Crippen molar-refractivity contribution in [1.82, 2.24) is 15.0 Å². The second-order valence-corrected chi connectivity index (χ2v) is 9.10. The van der Waals surface area contributed by atoms with Crippen LogP contribution in [0.2, 0.25) is 10.2 Å². The van der Waals surface area contributed by atoms with Crippen LogP contribution < -0.4 is 20.9 Å². The highest BCUT2D eigenvalue weighted by atomic mass is 35.5. The maximum Gasteiger partial charge on any atom is 0.411 e. The Morgan fingerprint density at radius 1 is 1.20 bits per heavy atom. The second-order valence-electron chi connectivity index (χ2n) is 8.34. The number of benzene rings is 1. The van der Waals surface area contributed by atoms with E-state index in [-0.39, 0.29) is 29.4 Å². The first-order valence-corrected chi connectivity index (χ1v) is 11.8. The van der Waals surface area contributed by atoms with Crippen molar-refractivity contribution in [1.29, 1.82) is 0 Å². The lowest BCUT2D eigenvalue weighted by atomic mass is 10.0. The van der Waals surface area contributed by atoms with Crippen LogP contribution in [0, 0.1) is 19.8 Å². The van der Waals surface area contributed by atoms with Crippen LogP contribution in [0.4, 0.5) is 22.0 Å². The average molecular weight is 518 g/mol. The summed E-state index contributed by atoms with van der Waals surface area (Å²) in [4.78, 5) is 36.7. The molecule has 0 unspecified atom stereocenters. The Hall–Kier alpha value is -3.30. The summed E-state index contributed by atoms with van der Waals surface area (Å²) in [7, 11) is 1.55. The zero-order valence-electron chi connectivity index (χ0n) is 19.4. The average Bonchev–Trinajstić information content (AvgIpc) is 3.66. The molecule has 35 heavy (non-hydrogen) atoms. The summed E-state index contributed by atoms with van der Waals surface area (Å²) in [6.07, 6.45) is 1.23. The summed E-state index contributed by atoms with van der Waals surface area (Å²) in [6.45, 7) is 3.68. The molecule has 0 bridgehead atoms. The highest BCUT2D eigenvalue weighted by Gasteiger charge is 2.36. The van der Waals surface area contributed by atoms with E-state index in [2.05, 4.69) is 25.6 Å². The van der Waals surface area contributed by atoms with Gasteiger partial charge in [-0.25, -0.2) is 14.8 Å². The number of amides is 1. The number of halogens is 2. The van der Waals surface area contributed by atoms with E-state index in [0.717, 1.165) is 18.4 Å². The number of hydrogen-bond donors (Lipinski definition) is 3. The number of rotatable bonds is 8. The van der Waals surface area contributed by atoms with Gasteiger partial charge in [0.05, 0.1) is 34.9 Å². The van der Waals surface area contributed by atoms with Crippen molar-refractivity contribution < 1.29 is 14.3 Å². The Bertz CT molecular complexity index is 1310. The predicted molar refractivity (Wildman–Crippen MR) is 135 cm³/mol. The number of aromatic amines is 1. The lowest BCUT2D eigenvalue weighted by Crippen LogP contribution is -2.24. The van der Waals surface area contributed by atoms with Gasteiger partial charge < -0.3 is 19.8 Å². The Morgan fingerprint density at radius 3 is 2.63 bits per heavy atom. The Kier molecular flexibility index (Phi) is 7.47. The van der Waals surface area contributed by atoms with Gasteiger partial charge in [-0.1, -0.05) is 35.3 Å². The molecule has 1 fully saturated rings. The lowest BCUT2D eigenvalue weighted by Gasteiger charge is -2.18. The zero-order valence-corrected chi connectivity index (χ0v) is 21.0. The van der Waals surface area contributed by atoms with Crippen LogP contribution in [0.5, 0.6) is 5.88 Å². The minimum Gasteiger partial charge on any atom is -0.481 e. The summed E-state index contributed by atoms with van der Waals surface area (Å²) in [6, 6.07) is 8.68. The Morgan fingerprint density at radius 2 is 1.94 bits per heavy atom. The van der Waals surface area contributed by atoms with E-state index in [4.69, 9.17) is 32.7 Å². The number of pyridine rings is 1. The van der Waals surface area contributed by atoms with Gasteiger partial charge in [-0.15, -0.1) is 0 Å². The molecule has 3 N–H and O–H groups in total. The minimum absolute atomic E-state index is 0.0335. The summed E-state index contributed by atoms with van der Waals surface area (Å²) >= 11 is 12.6. The van der Waals surface area contributed by atoms with Gasteiger partial charge in [0.25, 0.3) is 5.56 Å². The second kappa shape index (κ2) is 10.5. The molecular weight excluding hydrogens is 493 g/mol. The Balaban J connectivity index is 1.50. The van der Waals surface area contributed by atoms with Crippen LogP contribution in [-0.2, 0) is 4.74 Å². The third-order valence-electron chi connectivity index (χ3n) is 5.77. The summed E-state index contributed by atoms with van der Waals surface area (Å²) in [5.41, 5.74) is 2.51. The van der Waals surface area contributed by atoms with Gasteiger partial charge in [0, 0.05) is 11.5 Å². The number of nitrogens with one attached hydrogen (secondary N) is 3. The van der Waals surface area contributed by atoms with Gasteiger partial charge in [-0.2, -0.15) is 0 Å². The van der Waals surface area contributed by atoms with Gasteiger partial charge in [-0.05, 0) is 50.8 Å². The first-order chi connectivity index (χ1) is 16.8. The molecule has 3 aromatic rings. The van der Waals surface area contributed by atoms with Crippen LogP contribution in [-0.4, -0.2) is 34.8 Å². The van der Waals surface area contributed by atoms with Crippen molar-refractivity contribution in [2.75, 3.05) is 24.4 Å². The number of aromatic nitrogens is 3. The molecule has 4 rings (SSSR count). The molecule has 0 spiro atoms. The maximum atomic E-state index is 12.9. The monoisotopic (exact) mass is 517 g/mol. The molecule has 0 radical (unpaired) electrons. The third kappa shape index (κ3) is 5.86. The van der Waals surface area contributed by atoms with Gasteiger partial charge in [0.1, 0.15) is 6.61 Å². The summed E-state index contributed by atoms with van der Waals surface area (Å²) < 4.78 is 10.7. The number of ether oxygens (including phenoxy) is 2. The Labute approximate surface area is 212 Å². The topological polar surface area (TPSA) is 118 Å². The molecule has 184 valence electrons. The quantitative estimate of drug-likeness (QED) is 0.356. The standard InChI is InChI=1S/C24H25Cl2N5O4/c1-12-10-18(13(2)27-23(12)34-3)28-21-22(32)30-19(20(26)31-21)15(14-8-9-14)11-35-24(33)29-17-7-5-4-6-16(17)25/h4-7,10,14-15H,8-9,11H2,1-3H3,(H,28,31)(H,29,33)(H,30,32)/t15-/m0/s1. The lowest BCUT2D eigenvalue weighted by molar-refractivity contribution is 0.149. The molecule has 0 saturated heterocycles. The van der Waals surface area contributed by atoms with Crippen molar-refractivity contribution in [3.05, 3.63) is 67.8 Å². The molecule has 2 aromatic heterocycles. The fourth-order valence-corrected chi connectivity index (χ4v) is 4.20. The molecule has 1 saturated carbocycles. The highest BCUT2D eigenvalue weighted by molar-refractivity contribution is 6.33. The first kappa shape index (κ1) is 24.8. The third-order valence-corrected chi connectivity index (χ3v) is 6.38. The molecule has 11 heteroatoms. The largest absolute Gasteiger partial charge is 0.481 e. The number of nitrogens with zero attached hydrogens (tertiary/aromatic N) is 2. The molecule has 1 aromatic carbocycles. The fourth-order valence-electron chi connectivity index (χ4n) is 3.74. The fraction of sp³-hybridized carbons (Fsp3) is 0.333. The van der Waals surface area contributed by atoms with Crippen LogP contribution in [0.3, 0.4) is 0 Å². The number of H-pyrrole nitrogens is 1. The van der Waals surface area contributed by atoms with E-state index in [9.17, 15) is 9.59 Å². The molecule has 2 heterocycles. The normalized spacial score (nSPS) is 13.7. The molecule has 9 nitrogen and oxygen atoms in total. The molecule has 1 aliphatic carbocycles. The van der Waals surface area contributed by atoms with Crippen LogP contribution >= 0.6 is 23.2 Å². The molecule has 1 aliphatic rings. The van der Waals surface area contributed by atoms with Crippen molar-refractivity contribution >= 4 is 46.5 Å². The number of methoxy groups -OCH3 is 1. The van der Waals surface area contributed by atoms with E-state index >= 15 is 0 Å². The van der Waals surface area contributed by atoms with Gasteiger partial charge >= 0.3 is 6.09 Å². The predicted octanol–water partition coefficient (Wildman–Crippen LogP) is 5.58. The number of anilines is 3. The minimum atomic E-state index is -0.647. The smallest absolute Gasteiger partial charge is 0.411 e. The van der Waals surface area contributed by atoms with Crippen molar-refractivity contribution in [2.45, 2.75) is 32.6 Å². The molecule has 1 atom stereocenters. The van der Waals surface area contributed by atoms with E-state index in [1.807, 2.05) is 13.0 Å². The van der Waals surface area contributed by atoms with Crippen molar-refractivity contribution in [2.24, 2.45) is 5.92 Å².